The summed E-state index contributed by atoms with van der Waals surface area (Å²) in [5.41, 5.74) is -0.622. The molecule has 1 amide bonds. The summed E-state index contributed by atoms with van der Waals surface area (Å²) in [5.74, 6) is 0.0696. The summed E-state index contributed by atoms with van der Waals surface area (Å²) in [7, 11) is 0. The first-order valence-electron chi connectivity index (χ1n) is 8.31. The molecule has 1 fully saturated rings. The Kier molecular flexibility index (Phi) is 4.25. The molecule has 0 saturated heterocycles. The lowest BCUT2D eigenvalue weighted by Gasteiger charge is -2.28. The van der Waals surface area contributed by atoms with E-state index in [-0.39, 0.29) is 29.0 Å². The van der Waals surface area contributed by atoms with Gasteiger partial charge < -0.3 is 0 Å². The Morgan fingerprint density at radius 3 is 2.44 bits per heavy atom. The Labute approximate surface area is 143 Å². The second-order valence-electron chi connectivity index (χ2n) is 7.71. The smallest absolute Gasteiger partial charge is 0.296 e. The van der Waals surface area contributed by atoms with Crippen LogP contribution in [0.15, 0.2) is 12.1 Å². The third-order valence-corrected chi connectivity index (χ3v) is 4.21. The molecule has 2 aromatic heterocycles. The molecule has 0 bridgehead atoms. The maximum atomic E-state index is 13.0. The van der Waals surface area contributed by atoms with Gasteiger partial charge in [0.25, 0.3) is 0 Å². The maximum absolute atomic E-state index is 13.0. The lowest BCUT2D eigenvalue weighted by atomic mass is 9.92. The molecule has 1 N–H and O–H groups in total. The first-order valence-corrected chi connectivity index (χ1v) is 8.31. The zero-order valence-electron chi connectivity index (χ0n) is 14.4. The maximum Gasteiger partial charge on any atom is 0.433 e. The van der Waals surface area contributed by atoms with Gasteiger partial charge in [-0.1, -0.05) is 20.8 Å². The zero-order valence-corrected chi connectivity index (χ0v) is 14.4. The second kappa shape index (κ2) is 6.00. The minimum atomic E-state index is -4.52. The van der Waals surface area contributed by atoms with Crippen molar-refractivity contribution >= 4 is 23.0 Å². The Balaban J connectivity index is 2.01. The van der Waals surface area contributed by atoms with Crippen LogP contribution in [0, 0.1) is 5.41 Å². The van der Waals surface area contributed by atoms with E-state index >= 15 is 0 Å². The van der Waals surface area contributed by atoms with Gasteiger partial charge in [0.1, 0.15) is 11.2 Å². The van der Waals surface area contributed by atoms with Crippen molar-refractivity contribution in [2.45, 2.75) is 58.7 Å². The van der Waals surface area contributed by atoms with E-state index in [0.717, 1.165) is 25.3 Å². The Hall–Kier alpha value is -2.12. The molecule has 136 valence electrons. The molecule has 25 heavy (non-hydrogen) atoms. The third kappa shape index (κ3) is 3.77. The van der Waals surface area contributed by atoms with Crippen molar-refractivity contribution in [2.24, 2.45) is 5.41 Å². The van der Waals surface area contributed by atoms with Crippen LogP contribution in [0.4, 0.5) is 19.1 Å². The number of rotatable bonds is 3. The summed E-state index contributed by atoms with van der Waals surface area (Å²) in [6, 6.07) is 2.24. The van der Waals surface area contributed by atoms with Gasteiger partial charge in [-0.25, -0.2) is 9.97 Å². The lowest BCUT2D eigenvalue weighted by molar-refractivity contribution is -0.141. The molecule has 2 aromatic rings. The number of alkyl halides is 3. The predicted molar refractivity (Wildman–Crippen MR) is 88.1 cm³/mol. The standard InChI is InChI=1S/C17H21F3N4O/c1-16(2,3)9-13(25)23-15-21-11-7-8-12(17(18,19)20)22-14(11)24(15)10-5-4-6-10/h7-8,10H,4-6,9H2,1-3H3,(H,21,23,25). The molecule has 8 heteroatoms. The minimum absolute atomic E-state index is 0.0194. The highest BCUT2D eigenvalue weighted by Crippen LogP contribution is 2.38. The zero-order chi connectivity index (χ0) is 18.4. The number of aromatic nitrogens is 3. The molecule has 2 heterocycles. The molecule has 0 aromatic carbocycles. The van der Waals surface area contributed by atoms with Crippen molar-refractivity contribution in [2.75, 3.05) is 5.32 Å². The van der Waals surface area contributed by atoms with Gasteiger partial charge in [-0.3, -0.25) is 14.7 Å². The molecular weight excluding hydrogens is 333 g/mol. The monoisotopic (exact) mass is 354 g/mol. The summed E-state index contributed by atoms with van der Waals surface area (Å²) in [6.45, 7) is 5.83. The van der Waals surface area contributed by atoms with Gasteiger partial charge in [0.05, 0.1) is 0 Å². The van der Waals surface area contributed by atoms with E-state index in [9.17, 15) is 18.0 Å². The van der Waals surface area contributed by atoms with Crippen LogP contribution >= 0.6 is 0 Å². The number of anilines is 1. The summed E-state index contributed by atoms with van der Waals surface area (Å²) in [4.78, 5) is 20.3. The van der Waals surface area contributed by atoms with Gasteiger partial charge in [0.15, 0.2) is 5.65 Å². The van der Waals surface area contributed by atoms with E-state index < -0.39 is 11.9 Å². The third-order valence-electron chi connectivity index (χ3n) is 4.21. The van der Waals surface area contributed by atoms with E-state index in [1.165, 1.54) is 6.07 Å². The van der Waals surface area contributed by atoms with Crippen LogP contribution < -0.4 is 5.32 Å². The van der Waals surface area contributed by atoms with Crippen molar-refractivity contribution in [3.63, 3.8) is 0 Å². The predicted octanol–water partition coefficient (Wildman–Crippen LogP) is 4.55. The molecule has 0 radical (unpaired) electrons. The van der Waals surface area contributed by atoms with Crippen molar-refractivity contribution in [3.05, 3.63) is 17.8 Å². The van der Waals surface area contributed by atoms with Gasteiger partial charge >= 0.3 is 6.18 Å². The van der Waals surface area contributed by atoms with E-state index in [1.807, 2.05) is 20.8 Å². The van der Waals surface area contributed by atoms with Crippen LogP contribution in [0.25, 0.3) is 11.2 Å². The van der Waals surface area contributed by atoms with Crippen molar-refractivity contribution in [3.8, 4) is 0 Å². The molecule has 1 saturated carbocycles. The number of carbonyl (C=O) groups excluding carboxylic acids is 1. The van der Waals surface area contributed by atoms with Gasteiger partial charge in [0, 0.05) is 12.5 Å². The fourth-order valence-electron chi connectivity index (χ4n) is 2.86. The second-order valence-corrected chi connectivity index (χ2v) is 7.71. The summed E-state index contributed by atoms with van der Waals surface area (Å²) in [6.07, 6.45) is -1.55. The van der Waals surface area contributed by atoms with Crippen LogP contribution in [-0.4, -0.2) is 20.4 Å². The number of amides is 1. The van der Waals surface area contributed by atoms with Gasteiger partial charge in [-0.05, 0) is 36.8 Å². The molecule has 3 rings (SSSR count). The van der Waals surface area contributed by atoms with Crippen LogP contribution in [-0.2, 0) is 11.0 Å². The number of fused-ring (bicyclic) bond motifs is 1. The van der Waals surface area contributed by atoms with Gasteiger partial charge in [-0.15, -0.1) is 0 Å². The number of hydrogen-bond donors (Lipinski definition) is 1. The fourth-order valence-corrected chi connectivity index (χ4v) is 2.86. The SMILES string of the molecule is CC(C)(C)CC(=O)Nc1nc2ccc(C(F)(F)F)nc2n1C1CCC1. The van der Waals surface area contributed by atoms with Crippen LogP contribution in [0.1, 0.15) is 58.2 Å². The quantitative estimate of drug-likeness (QED) is 0.880. The summed E-state index contributed by atoms with van der Waals surface area (Å²) in [5, 5.41) is 2.76. The largest absolute Gasteiger partial charge is 0.433 e. The Morgan fingerprint density at radius 2 is 1.92 bits per heavy atom. The molecule has 0 spiro atoms. The van der Waals surface area contributed by atoms with Crippen LogP contribution in [0.2, 0.25) is 0 Å². The Bertz CT molecular complexity index is 801. The highest BCUT2D eigenvalue weighted by molar-refractivity contribution is 5.91. The van der Waals surface area contributed by atoms with Crippen LogP contribution in [0.3, 0.4) is 0 Å². The van der Waals surface area contributed by atoms with Crippen molar-refractivity contribution < 1.29 is 18.0 Å². The number of pyridine rings is 1. The van der Waals surface area contributed by atoms with E-state index in [4.69, 9.17) is 0 Å². The molecule has 0 atom stereocenters. The lowest BCUT2D eigenvalue weighted by Crippen LogP contribution is -2.25. The van der Waals surface area contributed by atoms with Crippen molar-refractivity contribution in [1.82, 2.24) is 14.5 Å². The molecular formula is C17H21F3N4O. The molecule has 1 aliphatic carbocycles. The molecule has 0 aliphatic heterocycles. The number of nitrogens with one attached hydrogen (secondary N) is 1. The first-order chi connectivity index (χ1) is 11.5. The number of hydrogen-bond acceptors (Lipinski definition) is 3. The fraction of sp³-hybridized carbons (Fsp3) is 0.588. The average Bonchev–Trinajstić information content (AvgIpc) is 2.71. The average molecular weight is 354 g/mol. The number of halogens is 3. The summed E-state index contributed by atoms with van der Waals surface area (Å²) < 4.78 is 40.6. The number of imidazole rings is 1. The summed E-state index contributed by atoms with van der Waals surface area (Å²) >= 11 is 0. The van der Waals surface area contributed by atoms with Gasteiger partial charge in [0.2, 0.25) is 11.9 Å². The molecule has 5 nitrogen and oxygen atoms in total. The molecule has 1 aliphatic rings. The minimum Gasteiger partial charge on any atom is -0.296 e. The number of carbonyl (C=O) groups is 1. The normalized spacial score (nSPS) is 16.1. The van der Waals surface area contributed by atoms with E-state index in [0.29, 0.717) is 11.9 Å². The molecule has 0 unspecified atom stereocenters. The topological polar surface area (TPSA) is 59.8 Å². The van der Waals surface area contributed by atoms with E-state index in [1.54, 1.807) is 4.57 Å². The highest BCUT2D eigenvalue weighted by atomic mass is 19.4. The van der Waals surface area contributed by atoms with E-state index in [2.05, 4.69) is 15.3 Å². The van der Waals surface area contributed by atoms with Crippen LogP contribution in [0.5, 0.6) is 0 Å². The Morgan fingerprint density at radius 1 is 1.24 bits per heavy atom. The first kappa shape index (κ1) is 17.7. The highest BCUT2D eigenvalue weighted by Gasteiger charge is 2.34. The van der Waals surface area contributed by atoms with Crippen molar-refractivity contribution in [1.29, 1.82) is 0 Å². The number of nitrogens with zero attached hydrogens (tertiary/aromatic N) is 3. The van der Waals surface area contributed by atoms with Gasteiger partial charge in [-0.2, -0.15) is 13.2 Å².